The Morgan fingerprint density at radius 2 is 1.95 bits per heavy atom. The fourth-order valence-corrected chi connectivity index (χ4v) is 3.26. The molecule has 0 bridgehead atoms. The predicted octanol–water partition coefficient (Wildman–Crippen LogP) is -0.147. The Labute approximate surface area is 119 Å². The molecule has 20 heavy (non-hydrogen) atoms. The Morgan fingerprint density at radius 1 is 1.20 bits per heavy atom. The first-order valence-electron chi connectivity index (χ1n) is 6.69. The molecule has 0 radical (unpaired) electrons. The largest absolute Gasteiger partial charge is 0.319 e. The van der Waals surface area contributed by atoms with Crippen LogP contribution in [-0.4, -0.2) is 54.6 Å². The summed E-state index contributed by atoms with van der Waals surface area (Å²) in [6.45, 7) is 3.33. The Balaban J connectivity index is 2.01. The summed E-state index contributed by atoms with van der Waals surface area (Å²) in [7, 11) is -1.38. The molecular formula is C13H21N3O3S. The highest BCUT2D eigenvalue weighted by Crippen LogP contribution is 2.09. The van der Waals surface area contributed by atoms with Gasteiger partial charge in [-0.1, -0.05) is 0 Å². The van der Waals surface area contributed by atoms with E-state index in [-0.39, 0.29) is 5.56 Å². The first-order chi connectivity index (χ1) is 9.36. The Kier molecular flexibility index (Phi) is 4.62. The summed E-state index contributed by atoms with van der Waals surface area (Å²) in [6.07, 6.45) is 3.83. The zero-order chi connectivity index (χ0) is 14.8. The van der Waals surface area contributed by atoms with Crippen molar-refractivity contribution in [2.24, 2.45) is 7.05 Å². The molecule has 7 heteroatoms. The van der Waals surface area contributed by atoms with Crippen molar-refractivity contribution in [2.75, 3.05) is 32.4 Å². The quantitative estimate of drug-likeness (QED) is 0.779. The zero-order valence-corrected chi connectivity index (χ0v) is 12.8. The average molecular weight is 299 g/mol. The summed E-state index contributed by atoms with van der Waals surface area (Å²) in [6, 6.07) is 3.57. The molecule has 2 rings (SSSR count). The van der Waals surface area contributed by atoms with Gasteiger partial charge in [-0.15, -0.1) is 0 Å². The number of nitrogens with zero attached hydrogens (tertiary/aromatic N) is 3. The van der Waals surface area contributed by atoms with Crippen LogP contribution in [0, 0.1) is 0 Å². The molecule has 1 saturated heterocycles. The van der Waals surface area contributed by atoms with E-state index in [9.17, 15) is 13.2 Å². The molecule has 0 atom stereocenters. The molecule has 1 aromatic heterocycles. The number of hydrogen-bond donors (Lipinski definition) is 0. The van der Waals surface area contributed by atoms with Gasteiger partial charge in [0.05, 0.1) is 6.26 Å². The van der Waals surface area contributed by atoms with Crippen molar-refractivity contribution in [3.05, 3.63) is 34.2 Å². The van der Waals surface area contributed by atoms with Crippen LogP contribution in [0.2, 0.25) is 0 Å². The first kappa shape index (κ1) is 15.2. The van der Waals surface area contributed by atoms with E-state index >= 15 is 0 Å². The van der Waals surface area contributed by atoms with E-state index in [0.29, 0.717) is 26.2 Å². The van der Waals surface area contributed by atoms with Crippen LogP contribution in [0.1, 0.15) is 12.0 Å². The number of hydrogen-bond acceptors (Lipinski definition) is 4. The molecule has 1 aliphatic heterocycles. The van der Waals surface area contributed by atoms with E-state index < -0.39 is 10.0 Å². The van der Waals surface area contributed by atoms with Crippen molar-refractivity contribution >= 4 is 10.0 Å². The molecule has 0 saturated carbocycles. The van der Waals surface area contributed by atoms with Gasteiger partial charge in [-0.25, -0.2) is 12.7 Å². The fraction of sp³-hybridized carbons (Fsp3) is 0.615. The summed E-state index contributed by atoms with van der Waals surface area (Å²) < 4.78 is 26.2. The first-order valence-corrected chi connectivity index (χ1v) is 8.54. The van der Waals surface area contributed by atoms with Crippen LogP contribution in [0.15, 0.2) is 23.1 Å². The predicted molar refractivity (Wildman–Crippen MR) is 78.0 cm³/mol. The van der Waals surface area contributed by atoms with Gasteiger partial charge in [0.15, 0.2) is 0 Å². The van der Waals surface area contributed by atoms with Crippen LogP contribution in [0.3, 0.4) is 0 Å². The van der Waals surface area contributed by atoms with Crippen LogP contribution in [0.4, 0.5) is 0 Å². The van der Waals surface area contributed by atoms with Crippen molar-refractivity contribution in [1.82, 2.24) is 13.8 Å². The van der Waals surface area contributed by atoms with Gasteiger partial charge in [0, 0.05) is 45.5 Å². The molecule has 1 aromatic rings. The molecule has 6 nitrogen and oxygen atoms in total. The summed E-state index contributed by atoms with van der Waals surface area (Å²) in [5.74, 6) is 0. The van der Waals surface area contributed by atoms with Gasteiger partial charge in [0.25, 0.3) is 5.56 Å². The molecule has 0 unspecified atom stereocenters. The minimum atomic E-state index is -3.10. The van der Waals surface area contributed by atoms with Crippen LogP contribution >= 0.6 is 0 Å². The third-order valence-electron chi connectivity index (χ3n) is 3.59. The smallest absolute Gasteiger partial charge is 0.250 e. The van der Waals surface area contributed by atoms with Gasteiger partial charge in [-0.3, -0.25) is 9.69 Å². The molecule has 1 fully saturated rings. The van der Waals surface area contributed by atoms with E-state index in [1.54, 1.807) is 19.3 Å². The molecule has 112 valence electrons. The molecule has 0 aromatic carbocycles. The Morgan fingerprint density at radius 3 is 2.60 bits per heavy atom. The lowest BCUT2D eigenvalue weighted by atomic mass is 10.2. The lowest BCUT2D eigenvalue weighted by Gasteiger charge is -2.20. The highest BCUT2D eigenvalue weighted by Gasteiger charge is 2.21. The summed E-state index contributed by atoms with van der Waals surface area (Å²) >= 11 is 0. The van der Waals surface area contributed by atoms with Gasteiger partial charge in [-0.05, 0) is 24.6 Å². The van der Waals surface area contributed by atoms with Gasteiger partial charge in [0.1, 0.15) is 0 Å². The van der Waals surface area contributed by atoms with E-state index in [4.69, 9.17) is 0 Å². The summed E-state index contributed by atoms with van der Waals surface area (Å²) in [4.78, 5) is 13.8. The molecule has 0 N–H and O–H groups in total. The van der Waals surface area contributed by atoms with Gasteiger partial charge in [-0.2, -0.15) is 0 Å². The fourth-order valence-electron chi connectivity index (χ4n) is 2.38. The van der Waals surface area contributed by atoms with E-state index in [0.717, 1.165) is 18.5 Å². The minimum absolute atomic E-state index is 0.0184. The second-order valence-corrected chi connectivity index (χ2v) is 7.26. The highest BCUT2D eigenvalue weighted by molar-refractivity contribution is 7.88. The number of aromatic nitrogens is 1. The third-order valence-corrected chi connectivity index (χ3v) is 4.89. The van der Waals surface area contributed by atoms with Crippen molar-refractivity contribution < 1.29 is 8.42 Å². The average Bonchev–Trinajstić information content (AvgIpc) is 2.59. The zero-order valence-electron chi connectivity index (χ0n) is 11.9. The van der Waals surface area contributed by atoms with E-state index in [2.05, 4.69) is 4.90 Å². The third kappa shape index (κ3) is 3.91. The normalized spacial score (nSPS) is 18.9. The Hall–Kier alpha value is -1.18. The highest BCUT2D eigenvalue weighted by atomic mass is 32.2. The van der Waals surface area contributed by atoms with Gasteiger partial charge >= 0.3 is 0 Å². The van der Waals surface area contributed by atoms with Crippen molar-refractivity contribution in [1.29, 1.82) is 0 Å². The maximum absolute atomic E-state index is 11.6. The van der Waals surface area contributed by atoms with Crippen LogP contribution in [0.5, 0.6) is 0 Å². The number of rotatable bonds is 3. The number of pyridine rings is 1. The standard InChI is InChI=1S/C13H21N3O3S/c1-14-7-4-12(10-13(14)17)11-15-5-3-6-16(9-8-15)20(2,18)19/h4,7,10H,3,5-6,8-9,11H2,1-2H3. The van der Waals surface area contributed by atoms with E-state index in [1.807, 2.05) is 6.07 Å². The maximum atomic E-state index is 11.6. The molecule has 0 amide bonds. The molecule has 0 aliphatic carbocycles. The lowest BCUT2D eigenvalue weighted by molar-refractivity contribution is 0.278. The van der Waals surface area contributed by atoms with Gasteiger partial charge < -0.3 is 4.57 Å². The van der Waals surface area contributed by atoms with Crippen LogP contribution in [0.25, 0.3) is 0 Å². The van der Waals surface area contributed by atoms with Crippen molar-refractivity contribution in [3.63, 3.8) is 0 Å². The molecule has 0 spiro atoms. The van der Waals surface area contributed by atoms with Crippen molar-refractivity contribution in [2.45, 2.75) is 13.0 Å². The monoisotopic (exact) mass is 299 g/mol. The number of sulfonamides is 1. The van der Waals surface area contributed by atoms with Gasteiger partial charge in [0.2, 0.25) is 10.0 Å². The maximum Gasteiger partial charge on any atom is 0.250 e. The Bertz CT molecular complexity index is 624. The summed E-state index contributed by atoms with van der Waals surface area (Å²) in [5, 5.41) is 0. The van der Waals surface area contributed by atoms with E-state index in [1.165, 1.54) is 15.1 Å². The second kappa shape index (κ2) is 6.07. The van der Waals surface area contributed by atoms with Crippen LogP contribution in [-0.2, 0) is 23.6 Å². The number of aryl methyl sites for hydroxylation is 1. The van der Waals surface area contributed by atoms with Crippen LogP contribution < -0.4 is 5.56 Å². The second-order valence-electron chi connectivity index (χ2n) is 5.28. The lowest BCUT2D eigenvalue weighted by Crippen LogP contribution is -2.34. The summed E-state index contributed by atoms with van der Waals surface area (Å²) in [5.41, 5.74) is 0.955. The minimum Gasteiger partial charge on any atom is -0.319 e. The molecule has 2 heterocycles. The topological polar surface area (TPSA) is 62.6 Å². The SMILES string of the molecule is Cn1ccc(CN2CCCN(S(C)(=O)=O)CC2)cc1=O. The van der Waals surface area contributed by atoms with Crippen molar-refractivity contribution in [3.8, 4) is 0 Å². The molecular weight excluding hydrogens is 278 g/mol. The molecule has 1 aliphatic rings.